The molecular weight excluding hydrogens is 367 g/mol. The minimum atomic E-state index is -0.659. The van der Waals surface area contributed by atoms with E-state index in [4.69, 9.17) is 9.47 Å². The summed E-state index contributed by atoms with van der Waals surface area (Å²) in [6.07, 6.45) is 1.37. The first kappa shape index (κ1) is 19.9. The zero-order valence-electron chi connectivity index (χ0n) is 16.1. The maximum Gasteiger partial charge on any atom is 0.407 e. The highest BCUT2D eigenvalue weighted by molar-refractivity contribution is 6.21. The Bertz CT molecular complexity index is 839. The summed E-state index contributed by atoms with van der Waals surface area (Å²) in [4.78, 5) is 37.7. The van der Waals surface area contributed by atoms with Crippen LogP contribution in [0, 0.1) is 0 Å². The van der Waals surface area contributed by atoms with Gasteiger partial charge in [-0.3, -0.25) is 14.5 Å². The molecule has 1 aromatic rings. The van der Waals surface area contributed by atoms with Gasteiger partial charge in [-0.1, -0.05) is 0 Å². The maximum atomic E-state index is 13.1. The summed E-state index contributed by atoms with van der Waals surface area (Å²) in [6, 6.07) is 4.61. The number of carbonyl (C=O) groups excluding carboxylic acids is 3. The first-order chi connectivity index (χ1) is 13.2. The van der Waals surface area contributed by atoms with Crippen molar-refractivity contribution in [3.63, 3.8) is 0 Å². The Morgan fingerprint density at radius 2 is 1.93 bits per heavy atom. The molecule has 1 N–H and O–H groups in total. The monoisotopic (exact) mass is 390 g/mol. The number of imide groups is 1. The third-order valence-corrected chi connectivity index (χ3v) is 4.24. The molecule has 0 bridgehead atoms. The zero-order valence-corrected chi connectivity index (χ0v) is 16.1. The predicted molar refractivity (Wildman–Crippen MR) is 98.9 cm³/mol. The van der Waals surface area contributed by atoms with E-state index in [0.29, 0.717) is 23.2 Å². The van der Waals surface area contributed by atoms with Gasteiger partial charge in [0.2, 0.25) is 0 Å². The van der Waals surface area contributed by atoms with Crippen molar-refractivity contribution in [3.05, 3.63) is 41.2 Å². The predicted octanol–water partition coefficient (Wildman–Crippen LogP) is 3.20. The van der Waals surface area contributed by atoms with E-state index < -0.39 is 11.7 Å². The number of hydrogen-bond acceptors (Lipinski definition) is 5. The van der Waals surface area contributed by atoms with Crippen LogP contribution in [0.25, 0.3) is 0 Å². The molecule has 0 aromatic heterocycles. The van der Waals surface area contributed by atoms with Crippen molar-refractivity contribution >= 4 is 17.9 Å². The summed E-state index contributed by atoms with van der Waals surface area (Å²) in [5.41, 5.74) is 0.195. The number of alkyl carbamates (subject to hydrolysis) is 1. The summed E-state index contributed by atoms with van der Waals surface area (Å²) >= 11 is 0. The summed E-state index contributed by atoms with van der Waals surface area (Å²) in [6.45, 7) is 4.98. The van der Waals surface area contributed by atoms with E-state index in [1.165, 1.54) is 11.0 Å². The van der Waals surface area contributed by atoms with E-state index in [2.05, 4.69) is 5.32 Å². The molecule has 1 aromatic carbocycles. The Balaban J connectivity index is 1.57. The lowest BCUT2D eigenvalue weighted by Gasteiger charge is -2.20. The molecule has 7 nitrogen and oxygen atoms in total. The number of benzene rings is 1. The third kappa shape index (κ3) is 4.49. The van der Waals surface area contributed by atoms with Gasteiger partial charge in [0.15, 0.2) is 0 Å². The van der Waals surface area contributed by atoms with Crippen LogP contribution in [-0.4, -0.2) is 47.6 Å². The molecule has 1 aliphatic heterocycles. The number of amides is 3. The molecule has 0 atom stereocenters. The van der Waals surface area contributed by atoms with Crippen molar-refractivity contribution in [2.75, 3.05) is 13.2 Å². The Morgan fingerprint density at radius 1 is 1.25 bits per heavy atom. The topological polar surface area (TPSA) is 84.9 Å². The molecule has 28 heavy (non-hydrogen) atoms. The highest BCUT2D eigenvalue weighted by Crippen LogP contribution is 2.35. The smallest absolute Gasteiger partial charge is 0.407 e. The molecule has 1 saturated carbocycles. The van der Waals surface area contributed by atoms with Gasteiger partial charge in [-0.2, -0.15) is 0 Å². The van der Waals surface area contributed by atoms with Gasteiger partial charge in [-0.15, -0.1) is 0 Å². The fraction of sp³-hybridized carbons (Fsp3) is 0.450. The van der Waals surface area contributed by atoms with Gasteiger partial charge in [-0.25, -0.2) is 9.18 Å². The molecule has 1 aliphatic carbocycles. The van der Waals surface area contributed by atoms with Gasteiger partial charge in [0.25, 0.3) is 11.8 Å². The van der Waals surface area contributed by atoms with Crippen LogP contribution in [0.1, 0.15) is 54.3 Å². The van der Waals surface area contributed by atoms with Gasteiger partial charge in [0.05, 0.1) is 17.5 Å². The molecule has 2 aliphatic rings. The number of carbonyl (C=O) groups is 3. The van der Waals surface area contributed by atoms with Gasteiger partial charge >= 0.3 is 6.09 Å². The lowest BCUT2D eigenvalue weighted by atomic mass is 10.1. The second-order valence-corrected chi connectivity index (χ2v) is 7.83. The van der Waals surface area contributed by atoms with E-state index in [9.17, 15) is 18.8 Å². The Morgan fingerprint density at radius 3 is 2.54 bits per heavy atom. The van der Waals surface area contributed by atoms with Crippen LogP contribution in [0.5, 0.6) is 5.75 Å². The summed E-state index contributed by atoms with van der Waals surface area (Å²) in [7, 11) is 0. The molecule has 1 heterocycles. The molecule has 3 amide bonds. The van der Waals surface area contributed by atoms with Crippen LogP contribution in [0.2, 0.25) is 0 Å². The molecular formula is C20H23FN2O5. The largest absolute Gasteiger partial charge is 0.489 e. The molecule has 0 radical (unpaired) electrons. The molecule has 0 saturated heterocycles. The number of halogens is 1. The van der Waals surface area contributed by atoms with Gasteiger partial charge in [0.1, 0.15) is 18.0 Å². The Labute approximate surface area is 162 Å². The second-order valence-electron chi connectivity index (χ2n) is 7.83. The maximum absolute atomic E-state index is 13.1. The standard InChI is InChI=1S/C20H23FN2O5/c1-20(2,3)28-19(26)22-10-12(9-21)11-27-14-6-7-15-16(8-14)18(25)23(17(15)24)13-4-5-13/h6-9,13H,4-5,10-11H2,1-3H3,(H,22,26). The Hall–Kier alpha value is -2.90. The van der Waals surface area contributed by atoms with E-state index in [1.54, 1.807) is 32.9 Å². The molecule has 3 rings (SSSR count). The van der Waals surface area contributed by atoms with Crippen LogP contribution in [0.4, 0.5) is 9.18 Å². The minimum absolute atomic E-state index is 0.00299. The lowest BCUT2D eigenvalue weighted by molar-refractivity contribution is 0.0530. The first-order valence-electron chi connectivity index (χ1n) is 9.09. The van der Waals surface area contributed by atoms with E-state index in [0.717, 1.165) is 12.8 Å². The van der Waals surface area contributed by atoms with E-state index in [1.807, 2.05) is 0 Å². The van der Waals surface area contributed by atoms with Gasteiger partial charge in [0, 0.05) is 18.2 Å². The quantitative estimate of drug-likeness (QED) is 0.754. The van der Waals surface area contributed by atoms with Crippen LogP contribution in [-0.2, 0) is 4.74 Å². The number of rotatable bonds is 6. The SMILES string of the molecule is CC(C)(C)OC(=O)NCC(=CF)COc1ccc2c(c1)C(=O)N(C1CC1)C2=O. The number of fused-ring (bicyclic) bond motifs is 1. The fourth-order valence-corrected chi connectivity index (χ4v) is 2.79. The third-order valence-electron chi connectivity index (χ3n) is 4.24. The minimum Gasteiger partial charge on any atom is -0.489 e. The van der Waals surface area contributed by atoms with Crippen molar-refractivity contribution in [2.45, 2.75) is 45.3 Å². The van der Waals surface area contributed by atoms with Crippen molar-refractivity contribution < 1.29 is 28.2 Å². The first-order valence-corrected chi connectivity index (χ1v) is 9.09. The van der Waals surface area contributed by atoms with Crippen molar-refractivity contribution in [1.82, 2.24) is 10.2 Å². The molecule has 150 valence electrons. The van der Waals surface area contributed by atoms with Crippen molar-refractivity contribution in [3.8, 4) is 5.75 Å². The summed E-state index contributed by atoms with van der Waals surface area (Å²) in [5, 5.41) is 2.45. The highest BCUT2D eigenvalue weighted by Gasteiger charge is 2.44. The molecule has 1 fully saturated rings. The average molecular weight is 390 g/mol. The average Bonchev–Trinajstić information content (AvgIpc) is 3.41. The van der Waals surface area contributed by atoms with Crippen LogP contribution in [0.3, 0.4) is 0 Å². The van der Waals surface area contributed by atoms with Crippen LogP contribution < -0.4 is 10.1 Å². The normalized spacial score (nSPS) is 16.9. The molecule has 8 heteroatoms. The second kappa shape index (κ2) is 7.61. The van der Waals surface area contributed by atoms with Gasteiger partial charge < -0.3 is 14.8 Å². The van der Waals surface area contributed by atoms with Crippen LogP contribution >= 0.6 is 0 Å². The lowest BCUT2D eigenvalue weighted by Crippen LogP contribution is -2.34. The van der Waals surface area contributed by atoms with E-state index in [-0.39, 0.29) is 36.6 Å². The summed E-state index contributed by atoms with van der Waals surface area (Å²) in [5.74, 6) is -0.255. The molecule has 0 spiro atoms. The van der Waals surface area contributed by atoms with Gasteiger partial charge in [-0.05, 0) is 51.8 Å². The van der Waals surface area contributed by atoms with Crippen molar-refractivity contribution in [1.29, 1.82) is 0 Å². The highest BCUT2D eigenvalue weighted by atomic mass is 19.1. The number of hydrogen-bond donors (Lipinski definition) is 1. The van der Waals surface area contributed by atoms with Crippen LogP contribution in [0.15, 0.2) is 30.1 Å². The number of nitrogens with one attached hydrogen (secondary N) is 1. The number of nitrogens with zero attached hydrogens (tertiary/aromatic N) is 1. The Kier molecular flexibility index (Phi) is 5.40. The summed E-state index contributed by atoms with van der Waals surface area (Å²) < 4.78 is 23.7. The molecule has 0 unspecified atom stereocenters. The fourth-order valence-electron chi connectivity index (χ4n) is 2.79. The van der Waals surface area contributed by atoms with Crippen molar-refractivity contribution in [2.24, 2.45) is 0 Å². The van der Waals surface area contributed by atoms with E-state index >= 15 is 0 Å². The number of ether oxygens (including phenoxy) is 2. The zero-order chi connectivity index (χ0) is 20.5.